The molecule has 1 saturated heterocycles. The van der Waals surface area contributed by atoms with Gasteiger partial charge in [-0.1, -0.05) is 54.6 Å². The number of esters is 3. The monoisotopic (exact) mass is 621 g/mol. The molecule has 230 valence electrons. The van der Waals surface area contributed by atoms with E-state index in [1.807, 2.05) is 0 Å². The Morgan fingerprint density at radius 2 is 1.46 bits per heavy atom. The molecule has 2 N–H and O–H groups in total. The first-order chi connectivity index (χ1) is 22.3. The van der Waals surface area contributed by atoms with Crippen molar-refractivity contribution >= 4 is 34.9 Å². The predicted molar refractivity (Wildman–Crippen MR) is 159 cm³/mol. The molecule has 46 heavy (non-hydrogen) atoms. The molecule has 3 aromatic carbocycles. The molecule has 0 radical (unpaired) electrons. The minimum Gasteiger partial charge on any atom is -0.459 e. The fourth-order valence-electron chi connectivity index (χ4n) is 5.05. The summed E-state index contributed by atoms with van der Waals surface area (Å²) in [5, 5.41) is 0. The summed E-state index contributed by atoms with van der Waals surface area (Å²) in [7, 11) is 0. The van der Waals surface area contributed by atoms with Gasteiger partial charge in [-0.05, 0) is 42.3 Å². The van der Waals surface area contributed by atoms with E-state index in [2.05, 4.69) is 20.9 Å². The third kappa shape index (κ3) is 5.60. The number of carbonyl (C=O) groups is 3. The van der Waals surface area contributed by atoms with Crippen molar-refractivity contribution in [1.82, 2.24) is 19.5 Å². The van der Waals surface area contributed by atoms with Crippen molar-refractivity contribution in [2.24, 2.45) is 0 Å². The topological polar surface area (TPSA) is 158 Å². The third-order valence-electron chi connectivity index (χ3n) is 7.23. The number of hydrogen-bond acceptors (Lipinski definition) is 11. The second kappa shape index (κ2) is 12.5. The van der Waals surface area contributed by atoms with Crippen molar-refractivity contribution in [2.45, 2.75) is 24.0 Å². The summed E-state index contributed by atoms with van der Waals surface area (Å²) in [6.07, 6.45) is 1.73. The molecule has 1 fully saturated rings. The van der Waals surface area contributed by atoms with Crippen LogP contribution in [0.4, 0.5) is 10.2 Å². The van der Waals surface area contributed by atoms with Crippen LogP contribution in [-0.2, 0) is 18.9 Å². The Morgan fingerprint density at radius 3 is 2.04 bits per heavy atom. The first kappa shape index (κ1) is 29.9. The van der Waals surface area contributed by atoms with Gasteiger partial charge in [0.15, 0.2) is 29.3 Å². The second-order valence-electron chi connectivity index (χ2n) is 10.1. The first-order valence-electron chi connectivity index (χ1n) is 13.9. The number of carbonyl (C=O) groups excluding carboxylic acids is 3. The summed E-state index contributed by atoms with van der Waals surface area (Å²) in [5.74, 6) is -0.237. The van der Waals surface area contributed by atoms with Gasteiger partial charge in [0.05, 0.1) is 23.0 Å². The number of nitrogens with two attached hydrogens (primary N) is 1. The van der Waals surface area contributed by atoms with Crippen molar-refractivity contribution in [3.8, 4) is 12.3 Å². The van der Waals surface area contributed by atoms with Gasteiger partial charge >= 0.3 is 24.0 Å². The molecule has 0 unspecified atom stereocenters. The standard InChI is InChI=1S/C33H24FN5O7/c1-2-33(46-30(42)22-16-10-5-11-17-22)25(45-29(41)21-14-8-4-9-15-21)23(18-43-28(40)20-12-6-3-7-13-20)44-31(33)39-19-36-24-26(35)37-32(34)38-27(24)39/h1,3-17,19,23,25,31H,18H2,(H2,35,37,38)/t23-,25-,31-,33-/m1/s1. The van der Waals surface area contributed by atoms with E-state index in [0.717, 1.165) is 0 Å². The number of ether oxygens (including phenoxy) is 4. The molecule has 4 atom stereocenters. The predicted octanol–water partition coefficient (Wildman–Crippen LogP) is 3.76. The van der Waals surface area contributed by atoms with Gasteiger partial charge in [-0.15, -0.1) is 6.42 Å². The number of nitrogen functional groups attached to an aromatic ring is 1. The van der Waals surface area contributed by atoms with Gasteiger partial charge in [0.1, 0.15) is 12.7 Å². The number of fused-ring (bicyclic) bond motifs is 1. The first-order valence-corrected chi connectivity index (χ1v) is 13.9. The van der Waals surface area contributed by atoms with Gasteiger partial charge in [0, 0.05) is 0 Å². The highest BCUT2D eigenvalue weighted by molar-refractivity contribution is 5.91. The lowest BCUT2D eigenvalue weighted by atomic mass is 9.93. The molecule has 3 heterocycles. The van der Waals surface area contributed by atoms with Crippen molar-refractivity contribution in [3.63, 3.8) is 0 Å². The largest absolute Gasteiger partial charge is 0.459 e. The molecule has 0 saturated carbocycles. The number of aromatic nitrogens is 4. The van der Waals surface area contributed by atoms with Crippen LogP contribution in [0.25, 0.3) is 11.2 Å². The average molecular weight is 622 g/mol. The van der Waals surface area contributed by atoms with E-state index < -0.39 is 54.6 Å². The Hall–Kier alpha value is -6.13. The fourth-order valence-corrected chi connectivity index (χ4v) is 5.05. The molecule has 13 heteroatoms. The smallest absolute Gasteiger partial charge is 0.339 e. The van der Waals surface area contributed by atoms with E-state index in [1.54, 1.807) is 66.7 Å². The van der Waals surface area contributed by atoms with E-state index in [9.17, 15) is 18.8 Å². The molecule has 0 aliphatic carbocycles. The molecule has 0 amide bonds. The van der Waals surface area contributed by atoms with Crippen molar-refractivity contribution in [3.05, 3.63) is 120 Å². The van der Waals surface area contributed by atoms with Gasteiger partial charge < -0.3 is 24.7 Å². The zero-order valence-electron chi connectivity index (χ0n) is 23.9. The number of rotatable bonds is 8. The molecule has 5 aromatic rings. The lowest BCUT2D eigenvalue weighted by Crippen LogP contribution is -2.51. The van der Waals surface area contributed by atoms with Gasteiger partial charge in [-0.3, -0.25) is 4.57 Å². The highest BCUT2D eigenvalue weighted by Gasteiger charge is 2.63. The quantitative estimate of drug-likeness (QED) is 0.116. The average Bonchev–Trinajstić information content (AvgIpc) is 3.63. The molecule has 6 rings (SSSR count). The van der Waals surface area contributed by atoms with Crippen molar-refractivity contribution in [2.75, 3.05) is 12.3 Å². The third-order valence-corrected chi connectivity index (χ3v) is 7.23. The number of imidazole rings is 1. The Labute approximate surface area is 260 Å². The molecule has 0 spiro atoms. The molecule has 2 aromatic heterocycles. The molecule has 12 nitrogen and oxygen atoms in total. The summed E-state index contributed by atoms with van der Waals surface area (Å²) in [6.45, 7) is -0.499. The summed E-state index contributed by atoms with van der Waals surface area (Å²) in [5.41, 5.74) is 4.01. The minimum atomic E-state index is -2.25. The lowest BCUT2D eigenvalue weighted by Gasteiger charge is -2.33. The number of halogens is 1. The van der Waals surface area contributed by atoms with Gasteiger partial charge in [-0.2, -0.15) is 14.4 Å². The number of benzene rings is 3. The van der Waals surface area contributed by atoms with E-state index in [1.165, 1.54) is 35.2 Å². The van der Waals surface area contributed by atoms with Crippen molar-refractivity contribution in [1.29, 1.82) is 0 Å². The van der Waals surface area contributed by atoms with Crippen LogP contribution in [-0.4, -0.2) is 61.8 Å². The SMILES string of the molecule is C#C[C@@]1(OC(=O)c2ccccc2)[C@H](OC(=O)c2ccccc2)[C@@H](COC(=O)c2ccccc2)O[C@H]1n1cnc2c(N)nc(F)nc21. The zero-order valence-corrected chi connectivity index (χ0v) is 23.9. The maximum atomic E-state index is 14.4. The number of nitrogens with zero attached hydrogens (tertiary/aromatic N) is 4. The van der Waals surface area contributed by atoms with Crippen LogP contribution < -0.4 is 5.73 Å². The van der Waals surface area contributed by atoms with Crippen LogP contribution in [0.1, 0.15) is 37.3 Å². The Balaban J connectivity index is 1.46. The molecule has 1 aliphatic heterocycles. The van der Waals surface area contributed by atoms with E-state index in [0.29, 0.717) is 0 Å². The van der Waals surface area contributed by atoms with Crippen LogP contribution in [0, 0.1) is 18.4 Å². The molecule has 0 bridgehead atoms. The zero-order chi connectivity index (χ0) is 32.3. The number of hydrogen-bond donors (Lipinski definition) is 1. The van der Waals surface area contributed by atoms with E-state index in [4.69, 9.17) is 31.1 Å². The summed E-state index contributed by atoms with van der Waals surface area (Å²) in [4.78, 5) is 51.4. The van der Waals surface area contributed by atoms with E-state index >= 15 is 0 Å². The highest BCUT2D eigenvalue weighted by Crippen LogP contribution is 2.45. The maximum Gasteiger partial charge on any atom is 0.339 e. The minimum absolute atomic E-state index is 0.00194. The van der Waals surface area contributed by atoms with Crippen LogP contribution in [0.15, 0.2) is 97.3 Å². The van der Waals surface area contributed by atoms with Crippen LogP contribution >= 0.6 is 0 Å². The Kier molecular flexibility index (Phi) is 8.11. The normalized spacial score (nSPS) is 20.5. The van der Waals surface area contributed by atoms with Crippen LogP contribution in [0.2, 0.25) is 0 Å². The Morgan fingerprint density at radius 1 is 0.891 bits per heavy atom. The van der Waals surface area contributed by atoms with Crippen LogP contribution in [0.3, 0.4) is 0 Å². The number of terminal acetylenes is 1. The fraction of sp³-hybridized carbons (Fsp3) is 0.152. The Bertz CT molecular complexity index is 1950. The molecular weight excluding hydrogens is 597 g/mol. The highest BCUT2D eigenvalue weighted by atomic mass is 19.1. The van der Waals surface area contributed by atoms with Crippen LogP contribution in [0.5, 0.6) is 0 Å². The second-order valence-corrected chi connectivity index (χ2v) is 10.1. The van der Waals surface area contributed by atoms with E-state index in [-0.39, 0.29) is 33.7 Å². The number of anilines is 1. The summed E-state index contributed by atoms with van der Waals surface area (Å²) < 4.78 is 39.4. The maximum absolute atomic E-state index is 14.4. The van der Waals surface area contributed by atoms with Gasteiger partial charge in [0.2, 0.25) is 0 Å². The molecular formula is C33H24FN5O7. The summed E-state index contributed by atoms with van der Waals surface area (Å²) >= 11 is 0. The van der Waals surface area contributed by atoms with Gasteiger partial charge in [-0.25, -0.2) is 19.4 Å². The lowest BCUT2D eigenvalue weighted by molar-refractivity contribution is -0.0865. The summed E-state index contributed by atoms with van der Waals surface area (Å²) in [6, 6.07) is 24.1. The van der Waals surface area contributed by atoms with Gasteiger partial charge in [0.25, 0.3) is 5.60 Å². The molecule has 1 aliphatic rings. The van der Waals surface area contributed by atoms with Crippen molar-refractivity contribution < 1.29 is 37.7 Å².